The van der Waals surface area contributed by atoms with Crippen LogP contribution in [0.5, 0.6) is 0 Å². The number of rotatable bonds is 0. The molecule has 0 fully saturated rings. The van der Waals surface area contributed by atoms with Crippen molar-refractivity contribution in [2.75, 3.05) is 0 Å². The van der Waals surface area contributed by atoms with Gasteiger partial charge in [-0.05, 0) is 0 Å². The van der Waals surface area contributed by atoms with Gasteiger partial charge < -0.3 is 55.4 Å². The van der Waals surface area contributed by atoms with Crippen LogP contribution < -0.4 is 5.73 Å². The van der Waals surface area contributed by atoms with Crippen molar-refractivity contribution >= 4 is 96.5 Å². The fourth-order valence-electron chi connectivity index (χ4n) is 0. The molecule has 6 heteroatoms. The van der Waals surface area contributed by atoms with Crippen LogP contribution in [0.25, 0.3) is 0 Å². The number of nitrogens with two attached hydrogens (primary N) is 1. The summed E-state index contributed by atoms with van der Waals surface area (Å²) in [5.41, 5.74) is 4.66. The molecule has 0 aliphatic rings. The monoisotopic (exact) mass is 209 g/mol. The van der Waals surface area contributed by atoms with Crippen LogP contribution in [0.3, 0.4) is 0 Å². The van der Waals surface area contributed by atoms with Crippen molar-refractivity contribution in [1.82, 2.24) is 0 Å². The first kappa shape index (κ1) is 16.3. The fraction of sp³-hybridized carbons (Fsp3) is 0. The minimum absolute atomic E-state index is 0. The molecule has 0 spiro atoms. The number of thiocarbonyl (C=S) groups is 2. The second-order valence-corrected chi connectivity index (χ2v) is 2.32. The quantitative estimate of drug-likeness (QED) is 0.341. The smallest absolute Gasteiger partial charge is 0.436 e. The molecule has 0 aromatic rings. The van der Waals surface area contributed by atoms with Gasteiger partial charge >= 0.3 is 37.7 Å². The van der Waals surface area contributed by atoms with E-state index in [1.54, 1.807) is 0 Å². The summed E-state index contributed by atoms with van der Waals surface area (Å²) in [6, 6.07) is 0. The van der Waals surface area contributed by atoms with E-state index in [0.717, 1.165) is 0 Å². The summed E-state index contributed by atoms with van der Waals surface area (Å²) in [6.07, 6.45) is 0. The molecule has 0 atom stereocenters. The predicted octanol–water partition coefficient (Wildman–Crippen LogP) is -0.113. The van der Waals surface area contributed by atoms with Crippen LogP contribution >= 0.6 is 24.4 Å². The Balaban J connectivity index is -0.0000000575. The molecule has 0 saturated heterocycles. The first-order valence-electron chi connectivity index (χ1n) is 1.17. The molecule has 0 aromatic carbocycles. The third kappa shape index (κ3) is 121. The first-order valence-corrected chi connectivity index (χ1v) is 2.93. The standard InChI is InChI=1S/CH3NS2.CH2S2.Ca/c2-1(3)4;2-1-3;/h(H3,2,3,4);1H,(H,2,3);/q;;+2/p-2. The molecule has 1 nitrogen and oxygen atoms in total. The summed E-state index contributed by atoms with van der Waals surface area (Å²) < 4.78 is 1.25. The molecule has 0 aliphatic carbocycles. The molecule has 0 bridgehead atoms. The third-order valence-corrected chi connectivity index (χ3v) is 0. The van der Waals surface area contributed by atoms with E-state index >= 15 is 0 Å². The van der Waals surface area contributed by atoms with E-state index in [9.17, 15) is 0 Å². The largest absolute Gasteiger partial charge is 2.00 e. The normalized spacial score (nSPS) is 4.50. The van der Waals surface area contributed by atoms with E-state index in [2.05, 4.69) is 55.4 Å². The maximum atomic E-state index is 4.66. The van der Waals surface area contributed by atoms with E-state index in [-0.39, 0.29) is 42.1 Å². The van der Waals surface area contributed by atoms with Gasteiger partial charge in [-0.3, -0.25) is 0 Å². The Labute approximate surface area is 101 Å². The van der Waals surface area contributed by atoms with Gasteiger partial charge in [-0.2, -0.15) is 4.70 Å². The molecule has 0 aliphatic heterocycles. The summed E-state index contributed by atoms with van der Waals surface area (Å²) in [5, 5.41) is 0. The summed E-state index contributed by atoms with van der Waals surface area (Å²) in [5.74, 6) is 0. The second-order valence-electron chi connectivity index (χ2n) is 0.415. The number of hydrogen-bond acceptors (Lipinski definition) is 4. The van der Waals surface area contributed by atoms with Crippen molar-refractivity contribution in [3.05, 3.63) is 0 Å². The second kappa shape index (κ2) is 15.9. The van der Waals surface area contributed by atoms with Gasteiger partial charge in [0, 0.05) is 0 Å². The van der Waals surface area contributed by atoms with Gasteiger partial charge in [-0.25, -0.2) is 0 Å². The van der Waals surface area contributed by atoms with Gasteiger partial charge in [0.1, 0.15) is 0 Å². The zero-order valence-electron chi connectivity index (χ0n) is 3.99. The maximum absolute atomic E-state index is 4.66. The van der Waals surface area contributed by atoms with Crippen molar-refractivity contribution < 1.29 is 0 Å². The molecule has 0 unspecified atom stereocenters. The summed E-state index contributed by atoms with van der Waals surface area (Å²) >= 11 is 16.4. The fourth-order valence-corrected chi connectivity index (χ4v) is 0. The molecular weight excluding hydrogens is 206 g/mol. The molecule has 0 saturated carbocycles. The molecule has 0 aromatic heterocycles. The first-order chi connectivity index (χ1) is 3.15. The summed E-state index contributed by atoms with van der Waals surface area (Å²) in [4.78, 5) is 0. The Kier molecular flexibility index (Phi) is 32.4. The van der Waals surface area contributed by atoms with Crippen LogP contribution in [0.4, 0.5) is 0 Å². The molecule has 42 valence electrons. The van der Waals surface area contributed by atoms with E-state index < -0.39 is 0 Å². The molecule has 0 heterocycles. The minimum atomic E-state index is 0. The van der Waals surface area contributed by atoms with Crippen LogP contribution in [0.15, 0.2) is 0 Å². The van der Waals surface area contributed by atoms with Gasteiger partial charge in [0.2, 0.25) is 0 Å². The Bertz CT molecular complexity index is 61.1. The number of hydrogen-bond donors (Lipinski definition) is 1. The van der Waals surface area contributed by atoms with Crippen LogP contribution in [-0.2, 0) is 25.3 Å². The molecule has 0 radical (unpaired) electrons. The van der Waals surface area contributed by atoms with Gasteiger partial charge in [-0.15, -0.1) is 0 Å². The van der Waals surface area contributed by atoms with Gasteiger partial charge in [0.25, 0.3) is 0 Å². The molecule has 0 amide bonds. The van der Waals surface area contributed by atoms with Crippen molar-refractivity contribution in [3.63, 3.8) is 0 Å². The van der Waals surface area contributed by atoms with Crippen molar-refractivity contribution in [2.45, 2.75) is 0 Å². The third-order valence-electron chi connectivity index (χ3n) is 0. The average molecular weight is 209 g/mol. The Morgan fingerprint density at radius 2 is 1.62 bits per heavy atom. The zero-order valence-corrected chi connectivity index (χ0v) is 9.47. The molecule has 8 heavy (non-hydrogen) atoms. The summed E-state index contributed by atoms with van der Waals surface area (Å²) in [7, 11) is 0. The Morgan fingerprint density at radius 3 is 1.62 bits per heavy atom. The SMILES string of the molecule is NC(=S)[S-].S=C[S-].[Ca+2]. The van der Waals surface area contributed by atoms with Crippen LogP contribution in [0.1, 0.15) is 0 Å². The van der Waals surface area contributed by atoms with E-state index in [1.165, 1.54) is 4.70 Å². The van der Waals surface area contributed by atoms with Crippen LogP contribution in [0.2, 0.25) is 0 Å². The molecule has 2 N–H and O–H groups in total. The Morgan fingerprint density at radius 1 is 1.62 bits per heavy atom. The van der Waals surface area contributed by atoms with Crippen LogP contribution in [0, 0.1) is 0 Å². The van der Waals surface area contributed by atoms with Crippen LogP contribution in [-0.4, -0.2) is 46.8 Å². The minimum Gasteiger partial charge on any atom is -0.436 e. The molecule has 0 rings (SSSR count). The Hall–Kier alpha value is 1.68. The summed E-state index contributed by atoms with van der Waals surface area (Å²) in [6.45, 7) is 0. The van der Waals surface area contributed by atoms with Crippen molar-refractivity contribution in [3.8, 4) is 0 Å². The molecular formula is C2H3CaNS4. The van der Waals surface area contributed by atoms with Crippen molar-refractivity contribution in [2.24, 2.45) is 5.73 Å². The van der Waals surface area contributed by atoms with E-state index in [0.29, 0.717) is 0 Å². The zero-order chi connectivity index (χ0) is 6.28. The maximum Gasteiger partial charge on any atom is 2.00 e. The topological polar surface area (TPSA) is 26.0 Å². The van der Waals surface area contributed by atoms with E-state index in [1.807, 2.05) is 0 Å². The van der Waals surface area contributed by atoms with Gasteiger partial charge in [0.05, 0.1) is 0 Å². The van der Waals surface area contributed by atoms with Gasteiger partial charge in [-0.1, -0.05) is 4.32 Å². The van der Waals surface area contributed by atoms with Crippen molar-refractivity contribution in [1.29, 1.82) is 0 Å². The predicted molar refractivity (Wildman–Crippen MR) is 50.9 cm³/mol. The average Bonchev–Trinajstić information content (AvgIpc) is 1.33. The van der Waals surface area contributed by atoms with E-state index in [4.69, 9.17) is 0 Å². The van der Waals surface area contributed by atoms with Gasteiger partial charge in [0.15, 0.2) is 0 Å².